The number of hydrogen-bond donors (Lipinski definition) is 0. The van der Waals surface area contributed by atoms with Crippen LogP contribution in [0.25, 0.3) is 33.0 Å². The van der Waals surface area contributed by atoms with Crippen molar-refractivity contribution in [3.05, 3.63) is 78.6 Å². The van der Waals surface area contributed by atoms with E-state index in [0.717, 1.165) is 61.9 Å². The monoisotopic (exact) mass is 454 g/mol. The van der Waals surface area contributed by atoms with Crippen LogP contribution in [0.3, 0.4) is 0 Å². The van der Waals surface area contributed by atoms with E-state index in [-0.39, 0.29) is 17.9 Å². The van der Waals surface area contributed by atoms with Crippen LogP contribution < -0.4 is 9.47 Å². The van der Waals surface area contributed by atoms with E-state index in [1.165, 1.54) is 11.9 Å². The van der Waals surface area contributed by atoms with Gasteiger partial charge in [-0.15, -0.1) is 0 Å². The molecule has 4 aromatic rings. The summed E-state index contributed by atoms with van der Waals surface area (Å²) in [6.07, 6.45) is 3.52. The fourth-order valence-electron chi connectivity index (χ4n) is 4.24. The topological polar surface area (TPSA) is 68.7 Å². The van der Waals surface area contributed by atoms with Crippen molar-refractivity contribution in [1.82, 2.24) is 9.88 Å². The van der Waals surface area contributed by atoms with E-state index in [0.29, 0.717) is 0 Å². The predicted molar refractivity (Wildman–Crippen MR) is 127 cm³/mol. The van der Waals surface area contributed by atoms with Gasteiger partial charge in [0.05, 0.1) is 0 Å². The third-order valence-corrected chi connectivity index (χ3v) is 7.20. The Bertz CT molecular complexity index is 1440. The van der Waals surface area contributed by atoms with Gasteiger partial charge in [0, 0.05) is 25.0 Å². The van der Waals surface area contributed by atoms with Crippen molar-refractivity contribution in [1.29, 1.82) is 0 Å². The lowest BCUT2D eigenvalue weighted by atomic mass is 9.95. The Balaban J connectivity index is 1.40. The highest BCUT2D eigenvalue weighted by molar-refractivity contribution is 8.14. The molecule has 0 aliphatic carbocycles. The summed E-state index contributed by atoms with van der Waals surface area (Å²) in [6.45, 7) is 0.201. The number of imide groups is 1. The van der Waals surface area contributed by atoms with Crippen molar-refractivity contribution < 1.29 is 19.1 Å². The number of hydrogen-bond acceptors (Lipinski definition) is 6. The van der Waals surface area contributed by atoms with Crippen LogP contribution in [0.15, 0.2) is 73.1 Å². The lowest BCUT2D eigenvalue weighted by molar-refractivity contribution is -0.125. The van der Waals surface area contributed by atoms with Crippen molar-refractivity contribution in [2.45, 2.75) is 5.25 Å². The first kappa shape index (κ1) is 19.8. The first-order valence-electron chi connectivity index (χ1n) is 10.4. The number of fused-ring (bicyclic) bond motifs is 2. The Labute approximate surface area is 194 Å². The standard InChI is InChI=1S/C26H18N2O4S/c1-28-25(29)24(33-26(28)30)19-5-4-16-10-18(3-2-17(16)11-19)20-12-21(15-6-8-27-9-7-15)23-22(13-20)31-14-32-23/h2-13,24H,14H2,1H3. The number of carbonyl (C=O) groups excluding carboxylic acids is 2. The molecule has 33 heavy (non-hydrogen) atoms. The number of nitrogens with zero attached hydrogens (tertiary/aromatic N) is 2. The maximum atomic E-state index is 12.4. The van der Waals surface area contributed by atoms with Gasteiger partial charge in [0.2, 0.25) is 12.7 Å². The lowest BCUT2D eigenvalue weighted by Gasteiger charge is -2.12. The Kier molecular flexibility index (Phi) is 4.58. The number of benzene rings is 3. The normalized spacial score (nSPS) is 17.2. The zero-order valence-electron chi connectivity index (χ0n) is 17.6. The molecular weight excluding hydrogens is 436 g/mol. The maximum Gasteiger partial charge on any atom is 0.289 e. The second-order valence-corrected chi connectivity index (χ2v) is 9.03. The zero-order chi connectivity index (χ0) is 22.5. The molecule has 1 fully saturated rings. The Morgan fingerprint density at radius 2 is 1.67 bits per heavy atom. The van der Waals surface area contributed by atoms with Crippen LogP contribution in [0.5, 0.6) is 11.5 Å². The van der Waals surface area contributed by atoms with Crippen molar-refractivity contribution >= 4 is 33.7 Å². The molecule has 1 atom stereocenters. The highest BCUT2D eigenvalue weighted by Crippen LogP contribution is 2.45. The number of amides is 2. The van der Waals surface area contributed by atoms with Crippen molar-refractivity contribution in [2.75, 3.05) is 13.8 Å². The number of aromatic nitrogens is 1. The molecule has 7 heteroatoms. The fraction of sp³-hybridized carbons (Fsp3) is 0.115. The molecule has 0 bridgehead atoms. The quantitative estimate of drug-likeness (QED) is 0.398. The molecule has 2 aliphatic heterocycles. The molecule has 0 N–H and O–H groups in total. The van der Waals surface area contributed by atoms with Gasteiger partial charge in [-0.1, -0.05) is 24.3 Å². The Hall–Kier alpha value is -3.84. The zero-order valence-corrected chi connectivity index (χ0v) is 18.5. The van der Waals surface area contributed by atoms with Crippen LogP contribution in [0, 0.1) is 0 Å². The minimum absolute atomic E-state index is 0.176. The minimum Gasteiger partial charge on any atom is -0.454 e. The summed E-state index contributed by atoms with van der Waals surface area (Å²) in [7, 11) is 1.52. The van der Waals surface area contributed by atoms with Gasteiger partial charge in [0.25, 0.3) is 5.24 Å². The summed E-state index contributed by atoms with van der Waals surface area (Å²) in [5.41, 5.74) is 4.88. The first-order valence-corrected chi connectivity index (χ1v) is 11.3. The second kappa shape index (κ2) is 7.64. The summed E-state index contributed by atoms with van der Waals surface area (Å²) >= 11 is 1.06. The molecule has 3 heterocycles. The number of thioether (sulfide) groups is 1. The van der Waals surface area contributed by atoms with Crippen LogP contribution in [-0.2, 0) is 4.79 Å². The number of likely N-dealkylation sites (N-methyl/N-ethyl adjacent to an activating group) is 1. The van der Waals surface area contributed by atoms with Gasteiger partial charge in [-0.25, -0.2) is 0 Å². The average molecular weight is 455 g/mol. The van der Waals surface area contributed by atoms with Crippen LogP contribution in [0.4, 0.5) is 4.79 Å². The largest absolute Gasteiger partial charge is 0.454 e. The molecule has 1 unspecified atom stereocenters. The van der Waals surface area contributed by atoms with Gasteiger partial charge < -0.3 is 9.47 Å². The number of rotatable bonds is 3. The summed E-state index contributed by atoms with van der Waals surface area (Å²) in [5, 5.41) is 1.37. The third kappa shape index (κ3) is 3.32. The van der Waals surface area contributed by atoms with E-state index in [4.69, 9.17) is 9.47 Å². The Morgan fingerprint density at radius 1 is 0.879 bits per heavy atom. The highest BCUT2D eigenvalue weighted by Gasteiger charge is 2.38. The summed E-state index contributed by atoms with van der Waals surface area (Å²) < 4.78 is 11.4. The molecule has 0 spiro atoms. The third-order valence-electron chi connectivity index (χ3n) is 6.01. The van der Waals surface area contributed by atoms with Crippen LogP contribution in [0.1, 0.15) is 10.8 Å². The molecule has 6 nitrogen and oxygen atoms in total. The van der Waals surface area contributed by atoms with Crippen molar-refractivity contribution in [3.63, 3.8) is 0 Å². The summed E-state index contributed by atoms with van der Waals surface area (Å²) in [5.74, 6) is 1.29. The average Bonchev–Trinajstić information content (AvgIpc) is 3.43. The van der Waals surface area contributed by atoms with E-state index in [1.54, 1.807) is 12.4 Å². The summed E-state index contributed by atoms with van der Waals surface area (Å²) in [4.78, 5) is 29.6. The highest BCUT2D eigenvalue weighted by atomic mass is 32.2. The molecule has 0 saturated carbocycles. The molecular formula is C26H18N2O4S. The number of carbonyl (C=O) groups is 2. The van der Waals surface area contributed by atoms with Gasteiger partial charge in [-0.3, -0.25) is 19.5 Å². The van der Waals surface area contributed by atoms with Crippen molar-refractivity contribution in [2.24, 2.45) is 0 Å². The molecule has 6 rings (SSSR count). The SMILES string of the molecule is CN1C(=O)SC(c2ccc3cc(-c4cc5c(c(-c6ccncc6)c4)OCO5)ccc3c2)C1=O. The van der Waals surface area contributed by atoms with Gasteiger partial charge in [0.15, 0.2) is 11.5 Å². The summed E-state index contributed by atoms with van der Waals surface area (Å²) in [6, 6.07) is 20.1. The van der Waals surface area contributed by atoms with E-state index >= 15 is 0 Å². The van der Waals surface area contributed by atoms with Crippen LogP contribution in [-0.4, -0.2) is 34.9 Å². The minimum atomic E-state index is -0.483. The number of ether oxygens (including phenoxy) is 2. The van der Waals surface area contributed by atoms with Gasteiger partial charge in [0.1, 0.15) is 5.25 Å². The molecule has 162 valence electrons. The van der Waals surface area contributed by atoms with E-state index in [9.17, 15) is 9.59 Å². The number of pyridine rings is 1. The fourth-order valence-corrected chi connectivity index (χ4v) is 5.23. The maximum absolute atomic E-state index is 12.4. The molecule has 0 radical (unpaired) electrons. The van der Waals surface area contributed by atoms with E-state index < -0.39 is 5.25 Å². The molecule has 3 aromatic carbocycles. The lowest BCUT2D eigenvalue weighted by Crippen LogP contribution is -2.24. The second-order valence-electron chi connectivity index (χ2n) is 7.98. The van der Waals surface area contributed by atoms with E-state index in [2.05, 4.69) is 23.2 Å². The predicted octanol–water partition coefficient (Wildman–Crippen LogP) is 5.66. The first-order chi connectivity index (χ1) is 16.1. The van der Waals surface area contributed by atoms with E-state index in [1.807, 2.05) is 42.5 Å². The van der Waals surface area contributed by atoms with Gasteiger partial charge in [-0.05, 0) is 81.2 Å². The molecule has 2 amide bonds. The van der Waals surface area contributed by atoms with Gasteiger partial charge in [-0.2, -0.15) is 0 Å². The molecule has 2 aliphatic rings. The van der Waals surface area contributed by atoms with Gasteiger partial charge >= 0.3 is 0 Å². The Morgan fingerprint density at radius 3 is 2.45 bits per heavy atom. The van der Waals surface area contributed by atoms with Crippen molar-refractivity contribution in [3.8, 4) is 33.8 Å². The smallest absolute Gasteiger partial charge is 0.289 e. The molecule has 1 saturated heterocycles. The molecule has 1 aromatic heterocycles. The van der Waals surface area contributed by atoms with Crippen LogP contribution >= 0.6 is 11.8 Å². The van der Waals surface area contributed by atoms with Crippen LogP contribution in [0.2, 0.25) is 0 Å².